The molecule has 2 aliphatic rings. The van der Waals surface area contributed by atoms with Crippen molar-refractivity contribution in [3.8, 4) is 0 Å². The fraction of sp³-hybridized carbons (Fsp3) is 1.00. The highest BCUT2D eigenvalue weighted by Crippen LogP contribution is 2.17. The molecule has 1 N–H and O–H groups in total. The molecule has 0 bridgehead atoms. The van der Waals surface area contributed by atoms with Crippen LogP contribution in [0.25, 0.3) is 0 Å². The number of piperazine rings is 1. The van der Waals surface area contributed by atoms with Crippen molar-refractivity contribution in [3.63, 3.8) is 0 Å². The van der Waals surface area contributed by atoms with Gasteiger partial charge in [0.2, 0.25) is 0 Å². The molecule has 0 aliphatic carbocycles. The summed E-state index contributed by atoms with van der Waals surface area (Å²) in [4.78, 5) is 0. The minimum Gasteiger partial charge on any atom is -0.373 e. The van der Waals surface area contributed by atoms with Gasteiger partial charge in [0, 0.05) is 39.3 Å². The van der Waals surface area contributed by atoms with E-state index >= 15 is 0 Å². The molecule has 2 heterocycles. The molecule has 0 saturated carbocycles. The lowest BCUT2D eigenvalue weighted by Crippen LogP contribution is -2.56. The van der Waals surface area contributed by atoms with Crippen LogP contribution < -0.4 is 5.32 Å². The monoisotopic (exact) mass is 263 g/mol. The van der Waals surface area contributed by atoms with Crippen molar-refractivity contribution in [1.29, 1.82) is 0 Å². The van der Waals surface area contributed by atoms with Gasteiger partial charge in [-0.25, -0.2) is 0 Å². The summed E-state index contributed by atoms with van der Waals surface area (Å²) in [5.41, 5.74) is 0. The van der Waals surface area contributed by atoms with Crippen LogP contribution in [-0.2, 0) is 14.9 Å². The molecule has 0 aromatic rings. The summed E-state index contributed by atoms with van der Waals surface area (Å²) < 4.78 is 33.5. The second-order valence-corrected chi connectivity index (χ2v) is 6.66. The molecule has 0 aromatic carbocycles. The number of nitrogens with zero attached hydrogens (tertiary/aromatic N) is 2. The second-order valence-electron chi connectivity index (χ2n) is 4.73. The van der Waals surface area contributed by atoms with Gasteiger partial charge in [-0.15, -0.1) is 0 Å². The predicted molar refractivity (Wildman–Crippen MR) is 64.9 cm³/mol. The summed E-state index contributed by atoms with van der Waals surface area (Å²) in [6.07, 6.45) is -0.0621. The molecule has 17 heavy (non-hydrogen) atoms. The van der Waals surface area contributed by atoms with Crippen molar-refractivity contribution >= 4 is 10.2 Å². The molecule has 2 fully saturated rings. The van der Waals surface area contributed by atoms with Crippen LogP contribution in [0.1, 0.15) is 13.8 Å². The lowest BCUT2D eigenvalue weighted by atomic mass is 10.3. The molecule has 0 radical (unpaired) electrons. The highest BCUT2D eigenvalue weighted by atomic mass is 32.2. The molecule has 2 unspecified atom stereocenters. The zero-order valence-electron chi connectivity index (χ0n) is 10.4. The van der Waals surface area contributed by atoms with E-state index in [1.165, 1.54) is 0 Å². The zero-order valence-corrected chi connectivity index (χ0v) is 11.2. The highest BCUT2D eigenvalue weighted by molar-refractivity contribution is 7.86. The van der Waals surface area contributed by atoms with E-state index < -0.39 is 10.2 Å². The maximum atomic E-state index is 12.4. The van der Waals surface area contributed by atoms with Crippen LogP contribution in [-0.4, -0.2) is 68.5 Å². The molecule has 6 nitrogen and oxygen atoms in total. The molecule has 100 valence electrons. The molecule has 0 aromatic heterocycles. The maximum absolute atomic E-state index is 12.4. The molecule has 2 saturated heterocycles. The van der Waals surface area contributed by atoms with Crippen molar-refractivity contribution in [2.75, 3.05) is 39.3 Å². The number of hydrogen-bond acceptors (Lipinski definition) is 4. The molecule has 0 amide bonds. The Morgan fingerprint density at radius 3 is 2.12 bits per heavy atom. The fourth-order valence-electron chi connectivity index (χ4n) is 2.36. The van der Waals surface area contributed by atoms with E-state index in [1.54, 1.807) is 8.61 Å². The summed E-state index contributed by atoms with van der Waals surface area (Å²) in [6, 6.07) is 0. The van der Waals surface area contributed by atoms with Crippen molar-refractivity contribution in [1.82, 2.24) is 13.9 Å². The molecular formula is C10H21N3O3S. The normalized spacial score (nSPS) is 33.8. The minimum atomic E-state index is -3.30. The Hall–Kier alpha value is -0.210. The van der Waals surface area contributed by atoms with E-state index in [4.69, 9.17) is 4.74 Å². The SMILES string of the molecule is CC1CN(S(=O)(=O)N2CCNCC2)CC(C)O1. The lowest BCUT2D eigenvalue weighted by molar-refractivity contribution is -0.0455. The lowest BCUT2D eigenvalue weighted by Gasteiger charge is -2.38. The van der Waals surface area contributed by atoms with Crippen molar-refractivity contribution in [2.45, 2.75) is 26.1 Å². The predicted octanol–water partition coefficient (Wildman–Crippen LogP) is -0.754. The first-order valence-electron chi connectivity index (χ1n) is 6.11. The van der Waals surface area contributed by atoms with Crippen LogP contribution in [0, 0.1) is 0 Å². The van der Waals surface area contributed by atoms with Gasteiger partial charge in [0.05, 0.1) is 12.2 Å². The van der Waals surface area contributed by atoms with E-state index in [-0.39, 0.29) is 12.2 Å². The minimum absolute atomic E-state index is 0.0311. The summed E-state index contributed by atoms with van der Waals surface area (Å²) in [6.45, 7) is 7.31. The van der Waals surface area contributed by atoms with Gasteiger partial charge in [0.15, 0.2) is 0 Å². The van der Waals surface area contributed by atoms with Gasteiger partial charge in [-0.05, 0) is 13.8 Å². The summed E-state index contributed by atoms with van der Waals surface area (Å²) in [5, 5.41) is 3.16. The molecule has 2 atom stereocenters. The third kappa shape index (κ3) is 2.97. The topological polar surface area (TPSA) is 61.9 Å². The number of rotatable bonds is 2. The molecule has 0 spiro atoms. The first kappa shape index (κ1) is 13.2. The Kier molecular flexibility index (Phi) is 4.04. The van der Waals surface area contributed by atoms with E-state index in [0.29, 0.717) is 26.2 Å². The van der Waals surface area contributed by atoms with Crippen molar-refractivity contribution in [2.24, 2.45) is 0 Å². The quantitative estimate of drug-likeness (QED) is 0.712. The molecule has 7 heteroatoms. The second kappa shape index (κ2) is 5.19. The third-order valence-electron chi connectivity index (χ3n) is 3.11. The van der Waals surface area contributed by atoms with Gasteiger partial charge in [0.1, 0.15) is 0 Å². The smallest absolute Gasteiger partial charge is 0.282 e. The van der Waals surface area contributed by atoms with Gasteiger partial charge in [-0.2, -0.15) is 17.0 Å². The molecule has 2 aliphatic heterocycles. The average molecular weight is 263 g/mol. The number of ether oxygens (including phenoxy) is 1. The number of hydrogen-bond donors (Lipinski definition) is 1. The molecular weight excluding hydrogens is 242 g/mol. The first-order chi connectivity index (χ1) is 8.00. The third-order valence-corrected chi connectivity index (χ3v) is 5.08. The van der Waals surface area contributed by atoms with Gasteiger partial charge >= 0.3 is 0 Å². The Labute approximate surface area is 103 Å². The van der Waals surface area contributed by atoms with Gasteiger partial charge in [0.25, 0.3) is 10.2 Å². The van der Waals surface area contributed by atoms with E-state index in [0.717, 1.165) is 13.1 Å². The number of nitrogens with one attached hydrogen (secondary N) is 1. The van der Waals surface area contributed by atoms with Gasteiger partial charge in [-0.3, -0.25) is 0 Å². The average Bonchev–Trinajstić information content (AvgIpc) is 2.29. The summed E-state index contributed by atoms with van der Waals surface area (Å²) >= 11 is 0. The largest absolute Gasteiger partial charge is 0.373 e. The fourth-order valence-corrected chi connectivity index (χ4v) is 4.12. The maximum Gasteiger partial charge on any atom is 0.282 e. The van der Waals surface area contributed by atoms with Crippen LogP contribution in [0.4, 0.5) is 0 Å². The Balaban J connectivity index is 2.08. The van der Waals surface area contributed by atoms with Crippen molar-refractivity contribution < 1.29 is 13.2 Å². The summed E-state index contributed by atoms with van der Waals surface area (Å²) in [7, 11) is -3.30. The highest BCUT2D eigenvalue weighted by Gasteiger charge is 2.35. The Bertz CT molecular complexity index is 344. The first-order valence-corrected chi connectivity index (χ1v) is 7.51. The van der Waals surface area contributed by atoms with Gasteiger partial charge < -0.3 is 10.1 Å². The Morgan fingerprint density at radius 1 is 1.06 bits per heavy atom. The number of morpholine rings is 1. The van der Waals surface area contributed by atoms with Crippen LogP contribution in [0.15, 0.2) is 0 Å². The van der Waals surface area contributed by atoms with E-state index in [1.807, 2.05) is 13.8 Å². The standard InChI is InChI=1S/C10H21N3O3S/c1-9-7-13(8-10(2)16-9)17(14,15)12-5-3-11-4-6-12/h9-11H,3-8H2,1-2H3. The van der Waals surface area contributed by atoms with Crippen LogP contribution in [0.5, 0.6) is 0 Å². The van der Waals surface area contributed by atoms with Crippen molar-refractivity contribution in [3.05, 3.63) is 0 Å². The van der Waals surface area contributed by atoms with E-state index in [9.17, 15) is 8.42 Å². The Morgan fingerprint density at radius 2 is 1.59 bits per heavy atom. The van der Waals surface area contributed by atoms with Crippen LogP contribution in [0.2, 0.25) is 0 Å². The van der Waals surface area contributed by atoms with Crippen LogP contribution in [0.3, 0.4) is 0 Å². The zero-order chi connectivity index (χ0) is 12.5. The van der Waals surface area contributed by atoms with E-state index in [2.05, 4.69) is 5.32 Å². The molecule has 2 rings (SSSR count). The van der Waals surface area contributed by atoms with Crippen LogP contribution >= 0.6 is 0 Å². The van der Waals surface area contributed by atoms with Gasteiger partial charge in [-0.1, -0.05) is 0 Å². The summed E-state index contributed by atoms with van der Waals surface area (Å²) in [5.74, 6) is 0.